The number of benzene rings is 2. The number of fused-ring (bicyclic) bond motifs is 1. The molecule has 1 aromatic heterocycles. The van der Waals surface area contributed by atoms with E-state index < -0.39 is 0 Å². The SMILES string of the molecule is CC[NH+](Cc1ccc(N(C)C)cc1)[C@H](C)c1nc2ccccc2c(=O)[nH]1. The summed E-state index contributed by atoms with van der Waals surface area (Å²) in [5.41, 5.74) is 3.16. The van der Waals surface area contributed by atoms with Crippen molar-refractivity contribution in [2.24, 2.45) is 0 Å². The summed E-state index contributed by atoms with van der Waals surface area (Å²) in [6.07, 6.45) is 0. The topological polar surface area (TPSA) is 53.4 Å². The van der Waals surface area contributed by atoms with Gasteiger partial charge in [-0.3, -0.25) is 4.79 Å². The first-order chi connectivity index (χ1) is 12.5. The molecule has 2 aromatic carbocycles. The van der Waals surface area contributed by atoms with E-state index in [2.05, 4.69) is 48.0 Å². The van der Waals surface area contributed by atoms with Crippen molar-refractivity contribution >= 4 is 16.6 Å². The van der Waals surface area contributed by atoms with Gasteiger partial charge in [-0.1, -0.05) is 24.3 Å². The molecule has 1 unspecified atom stereocenters. The number of rotatable bonds is 6. The highest BCUT2D eigenvalue weighted by molar-refractivity contribution is 5.77. The molecule has 0 spiro atoms. The summed E-state index contributed by atoms with van der Waals surface area (Å²) in [5, 5.41) is 0.640. The molecule has 0 radical (unpaired) electrons. The Kier molecular flexibility index (Phi) is 5.38. The lowest BCUT2D eigenvalue weighted by Crippen LogP contribution is -3.10. The fraction of sp³-hybridized carbons (Fsp3) is 0.333. The Labute approximate surface area is 154 Å². The number of anilines is 1. The minimum Gasteiger partial charge on any atom is -0.378 e. The molecule has 0 saturated carbocycles. The number of quaternary nitrogens is 1. The Morgan fingerprint density at radius 3 is 2.46 bits per heavy atom. The molecule has 5 heteroatoms. The quantitative estimate of drug-likeness (QED) is 0.716. The molecule has 0 aliphatic carbocycles. The molecule has 0 aliphatic rings. The molecule has 3 rings (SSSR count). The molecule has 1 heterocycles. The Balaban J connectivity index is 1.84. The third kappa shape index (κ3) is 3.78. The molecule has 0 bridgehead atoms. The predicted octanol–water partition coefficient (Wildman–Crippen LogP) is 2.16. The molecule has 0 saturated heterocycles. The van der Waals surface area contributed by atoms with Gasteiger partial charge in [-0.15, -0.1) is 0 Å². The van der Waals surface area contributed by atoms with Crippen molar-refractivity contribution in [2.45, 2.75) is 26.4 Å². The molecule has 3 aromatic rings. The Hall–Kier alpha value is -2.66. The van der Waals surface area contributed by atoms with E-state index in [0.717, 1.165) is 24.4 Å². The first-order valence-corrected chi connectivity index (χ1v) is 9.09. The Bertz CT molecular complexity index is 931. The second-order valence-corrected chi connectivity index (χ2v) is 6.94. The summed E-state index contributed by atoms with van der Waals surface area (Å²) in [7, 11) is 4.09. The van der Waals surface area contributed by atoms with E-state index in [1.165, 1.54) is 16.2 Å². The summed E-state index contributed by atoms with van der Waals surface area (Å²) in [5.74, 6) is 0.746. The molecule has 0 fully saturated rings. The van der Waals surface area contributed by atoms with E-state index in [1.807, 2.05) is 38.4 Å². The molecule has 2 atom stereocenters. The normalized spacial score (nSPS) is 13.5. The number of nitrogens with one attached hydrogen (secondary N) is 2. The molecule has 0 aliphatic heterocycles. The molecule has 26 heavy (non-hydrogen) atoms. The van der Waals surface area contributed by atoms with Gasteiger partial charge in [0.15, 0.2) is 5.82 Å². The van der Waals surface area contributed by atoms with Gasteiger partial charge in [0.2, 0.25) is 0 Å². The highest BCUT2D eigenvalue weighted by Gasteiger charge is 2.21. The first-order valence-electron chi connectivity index (χ1n) is 9.09. The lowest BCUT2D eigenvalue weighted by atomic mass is 10.1. The fourth-order valence-electron chi connectivity index (χ4n) is 3.26. The first kappa shape index (κ1) is 18.1. The summed E-state index contributed by atoms with van der Waals surface area (Å²) in [6, 6.07) is 16.2. The summed E-state index contributed by atoms with van der Waals surface area (Å²) >= 11 is 0. The van der Waals surface area contributed by atoms with Gasteiger partial charge in [0.25, 0.3) is 5.56 Å². The third-order valence-electron chi connectivity index (χ3n) is 4.99. The maximum absolute atomic E-state index is 12.4. The van der Waals surface area contributed by atoms with Crippen LogP contribution >= 0.6 is 0 Å². The highest BCUT2D eigenvalue weighted by atomic mass is 16.1. The average Bonchev–Trinajstić information content (AvgIpc) is 2.66. The molecule has 0 amide bonds. The smallest absolute Gasteiger partial charge is 0.258 e. The van der Waals surface area contributed by atoms with E-state index in [0.29, 0.717) is 5.39 Å². The monoisotopic (exact) mass is 351 g/mol. The predicted molar refractivity (Wildman–Crippen MR) is 107 cm³/mol. The molecule has 136 valence electrons. The number of para-hydroxylation sites is 1. The van der Waals surface area contributed by atoms with Crippen molar-refractivity contribution in [3.05, 3.63) is 70.3 Å². The molecule has 2 N–H and O–H groups in total. The van der Waals surface area contributed by atoms with E-state index in [-0.39, 0.29) is 11.6 Å². The maximum Gasteiger partial charge on any atom is 0.258 e. The number of nitrogens with zero attached hydrogens (tertiary/aromatic N) is 2. The summed E-state index contributed by atoms with van der Waals surface area (Å²) in [4.78, 5) is 23.5. The van der Waals surface area contributed by atoms with Crippen LogP contribution in [-0.2, 0) is 6.54 Å². The lowest BCUT2D eigenvalue weighted by Gasteiger charge is -2.24. The number of aromatic amines is 1. The fourth-order valence-corrected chi connectivity index (χ4v) is 3.26. The standard InChI is InChI=1S/C21H26N4O/c1-5-25(14-16-10-12-17(13-11-16)24(3)4)15(2)20-22-19-9-7-6-8-18(19)21(26)23-20/h6-13,15H,5,14H2,1-4H3,(H,22,23,26)/p+1/t15-/m1/s1. The van der Waals surface area contributed by atoms with Crippen LogP contribution in [0.4, 0.5) is 5.69 Å². The van der Waals surface area contributed by atoms with Gasteiger partial charge in [-0.2, -0.15) is 0 Å². The van der Waals surface area contributed by atoms with Gasteiger partial charge in [-0.25, -0.2) is 4.98 Å². The summed E-state index contributed by atoms with van der Waals surface area (Å²) in [6.45, 7) is 6.13. The second-order valence-electron chi connectivity index (χ2n) is 6.94. The van der Waals surface area contributed by atoms with E-state index in [4.69, 9.17) is 4.98 Å². The van der Waals surface area contributed by atoms with E-state index in [1.54, 1.807) is 0 Å². The lowest BCUT2D eigenvalue weighted by molar-refractivity contribution is -0.942. The highest BCUT2D eigenvalue weighted by Crippen LogP contribution is 2.13. The van der Waals surface area contributed by atoms with Crippen LogP contribution in [0.2, 0.25) is 0 Å². The molecule has 5 nitrogen and oxygen atoms in total. The van der Waals surface area contributed by atoms with Crippen LogP contribution in [0.5, 0.6) is 0 Å². The van der Waals surface area contributed by atoms with Crippen LogP contribution in [-0.4, -0.2) is 30.6 Å². The Morgan fingerprint density at radius 1 is 1.12 bits per heavy atom. The summed E-state index contributed by atoms with van der Waals surface area (Å²) < 4.78 is 0. The van der Waals surface area contributed by atoms with Crippen molar-refractivity contribution in [3.63, 3.8) is 0 Å². The zero-order valence-corrected chi connectivity index (χ0v) is 15.9. The molecular formula is C21H27N4O+. The van der Waals surface area contributed by atoms with Crippen LogP contribution < -0.4 is 15.4 Å². The van der Waals surface area contributed by atoms with Crippen molar-refractivity contribution in [1.82, 2.24) is 9.97 Å². The minimum atomic E-state index is -0.0664. The van der Waals surface area contributed by atoms with Crippen molar-refractivity contribution < 1.29 is 4.90 Å². The van der Waals surface area contributed by atoms with Crippen LogP contribution in [0.1, 0.15) is 31.3 Å². The van der Waals surface area contributed by atoms with E-state index in [9.17, 15) is 4.79 Å². The number of H-pyrrole nitrogens is 1. The van der Waals surface area contributed by atoms with Crippen molar-refractivity contribution in [2.75, 3.05) is 25.5 Å². The van der Waals surface area contributed by atoms with Crippen LogP contribution in [0, 0.1) is 0 Å². The zero-order valence-electron chi connectivity index (χ0n) is 15.9. The number of hydrogen-bond acceptors (Lipinski definition) is 3. The average molecular weight is 351 g/mol. The zero-order chi connectivity index (χ0) is 18.7. The van der Waals surface area contributed by atoms with Gasteiger partial charge in [0.05, 0.1) is 17.4 Å². The van der Waals surface area contributed by atoms with Gasteiger partial charge in [-0.05, 0) is 38.1 Å². The number of hydrogen-bond donors (Lipinski definition) is 2. The van der Waals surface area contributed by atoms with Gasteiger partial charge < -0.3 is 14.8 Å². The largest absolute Gasteiger partial charge is 0.378 e. The van der Waals surface area contributed by atoms with Gasteiger partial charge in [0, 0.05) is 25.3 Å². The van der Waals surface area contributed by atoms with Crippen molar-refractivity contribution in [1.29, 1.82) is 0 Å². The maximum atomic E-state index is 12.4. The van der Waals surface area contributed by atoms with E-state index >= 15 is 0 Å². The minimum absolute atomic E-state index is 0.0664. The van der Waals surface area contributed by atoms with Gasteiger partial charge >= 0.3 is 0 Å². The van der Waals surface area contributed by atoms with Crippen molar-refractivity contribution in [3.8, 4) is 0 Å². The number of aromatic nitrogens is 2. The van der Waals surface area contributed by atoms with Crippen LogP contribution in [0.25, 0.3) is 10.9 Å². The second kappa shape index (κ2) is 7.70. The third-order valence-corrected chi connectivity index (χ3v) is 4.99. The Morgan fingerprint density at radius 2 is 1.81 bits per heavy atom. The van der Waals surface area contributed by atoms with Crippen LogP contribution in [0.3, 0.4) is 0 Å². The van der Waals surface area contributed by atoms with Crippen LogP contribution in [0.15, 0.2) is 53.3 Å². The molecular weight excluding hydrogens is 324 g/mol. The van der Waals surface area contributed by atoms with Gasteiger partial charge in [0.1, 0.15) is 12.6 Å².